The summed E-state index contributed by atoms with van der Waals surface area (Å²) in [5, 5.41) is 9.71. The number of hydrazine groups is 1. The van der Waals surface area contributed by atoms with Crippen LogP contribution in [-0.4, -0.2) is 51.3 Å². The molecule has 0 radical (unpaired) electrons. The van der Waals surface area contributed by atoms with E-state index in [9.17, 15) is 4.79 Å². The lowest BCUT2D eigenvalue weighted by Crippen LogP contribution is -2.34. The Morgan fingerprint density at radius 1 is 1.00 bits per heavy atom. The monoisotopic (exact) mass is 230 g/mol. The van der Waals surface area contributed by atoms with E-state index in [-0.39, 0.29) is 5.91 Å². The van der Waals surface area contributed by atoms with E-state index in [1.54, 1.807) is 0 Å². The van der Waals surface area contributed by atoms with Crippen molar-refractivity contribution in [3.05, 3.63) is 0 Å². The second-order valence-corrected chi connectivity index (χ2v) is 3.76. The zero-order valence-electron chi connectivity index (χ0n) is 9.51. The molecule has 0 aliphatic carbocycles. The summed E-state index contributed by atoms with van der Waals surface area (Å²) in [5.74, 6) is -0.257. The summed E-state index contributed by atoms with van der Waals surface area (Å²) in [4.78, 5) is 10.4. The molecule has 16 heavy (non-hydrogen) atoms. The number of amides is 1. The summed E-state index contributed by atoms with van der Waals surface area (Å²) < 4.78 is 0. The molecule has 0 aromatic carbocycles. The van der Waals surface area contributed by atoms with Gasteiger partial charge in [-0.05, 0) is 0 Å². The molecule has 0 aromatic rings. The van der Waals surface area contributed by atoms with Gasteiger partial charge in [-0.2, -0.15) is 0 Å². The van der Waals surface area contributed by atoms with E-state index in [1.165, 1.54) is 0 Å². The summed E-state index contributed by atoms with van der Waals surface area (Å²) >= 11 is 0. The van der Waals surface area contributed by atoms with Crippen molar-refractivity contribution in [3.63, 3.8) is 0 Å². The van der Waals surface area contributed by atoms with Crippen molar-refractivity contribution in [1.29, 1.82) is 0 Å². The Morgan fingerprint density at radius 2 is 1.56 bits per heavy atom. The SMILES string of the molecule is NC(=O)CCNCCNCCNCC1NN1. The standard InChI is InChI=1S/C9H22N6O/c10-8(16)1-2-11-3-4-12-5-6-13-7-9-14-15-9/h9,11-15H,1-7H2,(H2,10,16). The van der Waals surface area contributed by atoms with Gasteiger partial charge < -0.3 is 21.7 Å². The van der Waals surface area contributed by atoms with E-state index in [1.807, 2.05) is 0 Å². The van der Waals surface area contributed by atoms with Gasteiger partial charge in [0.2, 0.25) is 5.91 Å². The van der Waals surface area contributed by atoms with Gasteiger partial charge in [0.15, 0.2) is 0 Å². The molecule has 94 valence electrons. The molecule has 1 saturated heterocycles. The first-order valence-corrected chi connectivity index (χ1v) is 5.70. The van der Waals surface area contributed by atoms with Crippen molar-refractivity contribution < 1.29 is 4.79 Å². The molecule has 7 nitrogen and oxygen atoms in total. The summed E-state index contributed by atoms with van der Waals surface area (Å²) in [7, 11) is 0. The molecule has 1 amide bonds. The first kappa shape index (κ1) is 13.3. The van der Waals surface area contributed by atoms with Crippen LogP contribution in [0.2, 0.25) is 0 Å². The second-order valence-electron chi connectivity index (χ2n) is 3.76. The van der Waals surface area contributed by atoms with Crippen molar-refractivity contribution >= 4 is 5.91 Å². The molecule has 0 unspecified atom stereocenters. The van der Waals surface area contributed by atoms with Gasteiger partial charge in [0.1, 0.15) is 0 Å². The third-order valence-electron chi connectivity index (χ3n) is 2.20. The third kappa shape index (κ3) is 8.57. The van der Waals surface area contributed by atoms with Gasteiger partial charge in [-0.15, -0.1) is 0 Å². The highest BCUT2D eigenvalue weighted by Gasteiger charge is 2.16. The van der Waals surface area contributed by atoms with Gasteiger partial charge in [0, 0.05) is 45.7 Å². The molecule has 0 aromatic heterocycles. The first-order valence-electron chi connectivity index (χ1n) is 5.70. The van der Waals surface area contributed by atoms with Crippen LogP contribution in [0.3, 0.4) is 0 Å². The lowest BCUT2D eigenvalue weighted by Gasteiger charge is -2.06. The zero-order chi connectivity index (χ0) is 11.6. The zero-order valence-corrected chi connectivity index (χ0v) is 9.51. The summed E-state index contributed by atoms with van der Waals surface area (Å²) in [6.07, 6.45) is 0.860. The van der Waals surface area contributed by atoms with E-state index >= 15 is 0 Å². The lowest BCUT2D eigenvalue weighted by molar-refractivity contribution is -0.117. The topological polar surface area (TPSA) is 123 Å². The van der Waals surface area contributed by atoms with Crippen molar-refractivity contribution in [2.24, 2.45) is 5.73 Å². The first-order chi connectivity index (χ1) is 7.79. The van der Waals surface area contributed by atoms with Gasteiger partial charge in [-0.1, -0.05) is 0 Å². The molecule has 0 bridgehead atoms. The Kier molecular flexibility index (Phi) is 7.02. The molecule has 1 aliphatic rings. The van der Waals surface area contributed by atoms with Crippen LogP contribution >= 0.6 is 0 Å². The molecule has 0 atom stereocenters. The lowest BCUT2D eigenvalue weighted by atomic mass is 10.4. The Labute approximate surface area is 95.9 Å². The van der Waals surface area contributed by atoms with E-state index in [4.69, 9.17) is 5.73 Å². The average Bonchev–Trinajstić information content (AvgIpc) is 3.04. The van der Waals surface area contributed by atoms with E-state index in [2.05, 4.69) is 26.8 Å². The minimum atomic E-state index is -0.257. The van der Waals surface area contributed by atoms with Crippen LogP contribution in [0.4, 0.5) is 0 Å². The third-order valence-corrected chi connectivity index (χ3v) is 2.20. The van der Waals surface area contributed by atoms with E-state index in [0.717, 1.165) is 32.7 Å². The summed E-state index contributed by atoms with van der Waals surface area (Å²) in [6.45, 7) is 5.29. The molecular formula is C9H22N6O. The quantitative estimate of drug-likeness (QED) is 0.167. The number of hydrogen-bond acceptors (Lipinski definition) is 6. The van der Waals surface area contributed by atoms with Crippen LogP contribution in [-0.2, 0) is 4.79 Å². The number of carbonyl (C=O) groups is 1. The van der Waals surface area contributed by atoms with Gasteiger partial charge in [0.25, 0.3) is 0 Å². The predicted molar refractivity (Wildman–Crippen MR) is 62.5 cm³/mol. The van der Waals surface area contributed by atoms with E-state index < -0.39 is 0 Å². The second kappa shape index (κ2) is 8.43. The Bertz CT molecular complexity index is 196. The molecule has 1 heterocycles. The molecule has 1 aliphatic heterocycles. The van der Waals surface area contributed by atoms with Crippen molar-refractivity contribution in [3.8, 4) is 0 Å². The fraction of sp³-hybridized carbons (Fsp3) is 0.889. The maximum absolute atomic E-state index is 10.4. The summed E-state index contributed by atoms with van der Waals surface area (Å²) in [6, 6.07) is 0. The molecule has 0 saturated carbocycles. The molecule has 7 heteroatoms. The predicted octanol–water partition coefficient (Wildman–Crippen LogP) is -2.94. The highest BCUT2D eigenvalue weighted by Crippen LogP contribution is 1.81. The number of primary amides is 1. The van der Waals surface area contributed by atoms with Gasteiger partial charge >= 0.3 is 0 Å². The van der Waals surface area contributed by atoms with E-state index in [0.29, 0.717) is 19.1 Å². The van der Waals surface area contributed by atoms with Crippen molar-refractivity contribution in [2.45, 2.75) is 12.6 Å². The largest absolute Gasteiger partial charge is 0.370 e. The maximum atomic E-state index is 10.4. The van der Waals surface area contributed by atoms with Gasteiger partial charge in [0.05, 0.1) is 6.17 Å². The Hall–Kier alpha value is -0.730. The number of carbonyl (C=O) groups excluding carboxylic acids is 1. The molecule has 1 rings (SSSR count). The highest BCUT2D eigenvalue weighted by atomic mass is 16.1. The highest BCUT2D eigenvalue weighted by molar-refractivity contribution is 5.73. The fourth-order valence-electron chi connectivity index (χ4n) is 1.22. The van der Waals surface area contributed by atoms with Crippen molar-refractivity contribution in [1.82, 2.24) is 26.8 Å². The van der Waals surface area contributed by atoms with Crippen molar-refractivity contribution in [2.75, 3.05) is 39.3 Å². The number of nitrogens with one attached hydrogen (secondary N) is 5. The van der Waals surface area contributed by atoms with Crippen LogP contribution in [0, 0.1) is 0 Å². The Balaban J connectivity index is 1.66. The number of nitrogens with two attached hydrogens (primary N) is 1. The molecule has 1 fully saturated rings. The van der Waals surface area contributed by atoms with Crippen LogP contribution in [0.25, 0.3) is 0 Å². The molecule has 0 spiro atoms. The number of hydrogen-bond donors (Lipinski definition) is 6. The van der Waals surface area contributed by atoms with Gasteiger partial charge in [-0.25, -0.2) is 10.9 Å². The minimum absolute atomic E-state index is 0.257. The summed E-state index contributed by atoms with van der Waals surface area (Å²) in [5.41, 5.74) is 11.0. The number of rotatable bonds is 11. The van der Waals surface area contributed by atoms with Crippen LogP contribution in [0.15, 0.2) is 0 Å². The smallest absolute Gasteiger partial charge is 0.218 e. The fourth-order valence-corrected chi connectivity index (χ4v) is 1.22. The minimum Gasteiger partial charge on any atom is -0.370 e. The Morgan fingerprint density at radius 3 is 2.12 bits per heavy atom. The molecular weight excluding hydrogens is 208 g/mol. The van der Waals surface area contributed by atoms with Crippen LogP contribution in [0.1, 0.15) is 6.42 Å². The van der Waals surface area contributed by atoms with Crippen LogP contribution in [0.5, 0.6) is 0 Å². The maximum Gasteiger partial charge on any atom is 0.218 e. The molecule has 7 N–H and O–H groups in total. The van der Waals surface area contributed by atoms with Gasteiger partial charge in [-0.3, -0.25) is 4.79 Å². The van der Waals surface area contributed by atoms with Crippen LogP contribution < -0.4 is 32.5 Å². The normalized spacial score (nSPS) is 15.2. The average molecular weight is 230 g/mol.